The van der Waals surface area contributed by atoms with Crippen LogP contribution in [0.15, 0.2) is 34.8 Å². The normalized spacial score (nSPS) is 14.7. The highest BCUT2D eigenvalue weighted by Crippen LogP contribution is 2.38. The Bertz CT molecular complexity index is 834. The molecule has 0 aromatic heterocycles. The number of nitrogens with one attached hydrogen (secondary N) is 1. The largest absolute Gasteiger partial charge is 0.490 e. The number of hydrogen-bond acceptors (Lipinski definition) is 5. The first-order valence-corrected chi connectivity index (χ1v) is 11.3. The Morgan fingerprint density at radius 1 is 1.20 bits per heavy atom. The number of benzene rings is 2. The summed E-state index contributed by atoms with van der Waals surface area (Å²) >= 11 is 9.70. The van der Waals surface area contributed by atoms with E-state index in [-0.39, 0.29) is 12.4 Å². The van der Waals surface area contributed by atoms with Crippen LogP contribution in [0.1, 0.15) is 18.1 Å². The van der Waals surface area contributed by atoms with Crippen LogP contribution >= 0.6 is 27.5 Å². The fraction of sp³-hybridized carbons (Fsp3) is 0.455. The van der Waals surface area contributed by atoms with Gasteiger partial charge in [0.2, 0.25) is 0 Å². The highest BCUT2D eigenvalue weighted by atomic mass is 79.9. The van der Waals surface area contributed by atoms with E-state index in [0.29, 0.717) is 28.7 Å². The minimum absolute atomic E-state index is 0.217. The molecule has 1 saturated heterocycles. The van der Waals surface area contributed by atoms with Gasteiger partial charge in [-0.25, -0.2) is 4.39 Å². The zero-order valence-electron chi connectivity index (χ0n) is 17.1. The van der Waals surface area contributed by atoms with Gasteiger partial charge in [-0.15, -0.1) is 0 Å². The Kier molecular flexibility index (Phi) is 9.21. The van der Waals surface area contributed by atoms with E-state index in [9.17, 15) is 4.39 Å². The number of rotatable bonds is 10. The van der Waals surface area contributed by atoms with Crippen LogP contribution in [0.5, 0.6) is 11.5 Å². The van der Waals surface area contributed by atoms with Gasteiger partial charge in [0.05, 0.1) is 29.3 Å². The SMILES string of the molecule is CCOc1cc(CNCCN2CCOCC2)cc(Br)c1OCc1ccc(F)cc1Cl. The van der Waals surface area contributed by atoms with Gasteiger partial charge in [0.25, 0.3) is 0 Å². The number of nitrogens with zero attached hydrogens (tertiary/aromatic N) is 1. The first-order valence-electron chi connectivity index (χ1n) is 10.1. The summed E-state index contributed by atoms with van der Waals surface area (Å²) in [7, 11) is 0. The van der Waals surface area contributed by atoms with Crippen LogP contribution in [-0.4, -0.2) is 50.9 Å². The minimum atomic E-state index is -0.370. The predicted octanol–water partition coefficient (Wildman–Crippen LogP) is 4.64. The molecule has 5 nitrogen and oxygen atoms in total. The van der Waals surface area contributed by atoms with Gasteiger partial charge in [-0.05, 0) is 52.7 Å². The Balaban J connectivity index is 1.59. The molecule has 0 radical (unpaired) electrons. The zero-order chi connectivity index (χ0) is 21.3. The maximum Gasteiger partial charge on any atom is 0.175 e. The Hall–Kier alpha value is -1.38. The summed E-state index contributed by atoms with van der Waals surface area (Å²) in [5.41, 5.74) is 1.81. The lowest BCUT2D eigenvalue weighted by Crippen LogP contribution is -2.40. The van der Waals surface area contributed by atoms with E-state index in [2.05, 4.69) is 26.1 Å². The third kappa shape index (κ3) is 6.82. The summed E-state index contributed by atoms with van der Waals surface area (Å²) in [5.74, 6) is 0.898. The van der Waals surface area contributed by atoms with Gasteiger partial charge >= 0.3 is 0 Å². The van der Waals surface area contributed by atoms with Crippen molar-refractivity contribution in [1.82, 2.24) is 10.2 Å². The first kappa shape index (κ1) is 23.3. The van der Waals surface area contributed by atoms with Crippen LogP contribution in [0.2, 0.25) is 5.02 Å². The van der Waals surface area contributed by atoms with Crippen LogP contribution in [0.4, 0.5) is 4.39 Å². The maximum atomic E-state index is 13.3. The van der Waals surface area contributed by atoms with Crippen molar-refractivity contribution >= 4 is 27.5 Å². The van der Waals surface area contributed by atoms with Gasteiger partial charge in [-0.3, -0.25) is 4.90 Å². The molecule has 30 heavy (non-hydrogen) atoms. The molecule has 164 valence electrons. The summed E-state index contributed by atoms with van der Waals surface area (Å²) in [6, 6.07) is 8.28. The second kappa shape index (κ2) is 11.9. The molecule has 1 fully saturated rings. The molecule has 0 spiro atoms. The van der Waals surface area contributed by atoms with Crippen molar-refractivity contribution in [3.05, 3.63) is 56.8 Å². The fourth-order valence-electron chi connectivity index (χ4n) is 3.21. The van der Waals surface area contributed by atoms with Gasteiger partial charge < -0.3 is 19.5 Å². The summed E-state index contributed by atoms with van der Waals surface area (Å²) in [6.07, 6.45) is 0. The molecule has 2 aromatic carbocycles. The summed E-state index contributed by atoms with van der Waals surface area (Å²) < 4.78 is 31.2. The average molecular weight is 502 g/mol. The Labute approximate surface area is 190 Å². The van der Waals surface area contributed by atoms with Crippen LogP contribution in [-0.2, 0) is 17.9 Å². The lowest BCUT2D eigenvalue weighted by molar-refractivity contribution is 0.0384. The highest BCUT2D eigenvalue weighted by Gasteiger charge is 2.14. The molecular weight excluding hydrogens is 475 g/mol. The van der Waals surface area contributed by atoms with Crippen LogP contribution in [0.25, 0.3) is 0 Å². The smallest absolute Gasteiger partial charge is 0.175 e. The molecule has 0 saturated carbocycles. The third-order valence-electron chi connectivity index (χ3n) is 4.79. The first-order chi connectivity index (χ1) is 14.6. The lowest BCUT2D eigenvalue weighted by Gasteiger charge is -2.26. The second-order valence-corrected chi connectivity index (χ2v) is 8.25. The number of halogens is 3. The predicted molar refractivity (Wildman–Crippen MR) is 120 cm³/mol. The van der Waals surface area contributed by atoms with Crippen molar-refractivity contribution in [2.24, 2.45) is 0 Å². The third-order valence-corrected chi connectivity index (χ3v) is 5.73. The lowest BCUT2D eigenvalue weighted by atomic mass is 10.2. The molecule has 0 aliphatic carbocycles. The Morgan fingerprint density at radius 2 is 2.00 bits per heavy atom. The highest BCUT2D eigenvalue weighted by molar-refractivity contribution is 9.10. The molecule has 0 atom stereocenters. The minimum Gasteiger partial charge on any atom is -0.490 e. The van der Waals surface area contributed by atoms with Gasteiger partial charge in [-0.2, -0.15) is 0 Å². The van der Waals surface area contributed by atoms with Crippen molar-refractivity contribution in [3.8, 4) is 11.5 Å². The molecule has 8 heteroatoms. The fourth-order valence-corrected chi connectivity index (χ4v) is 4.04. The van der Waals surface area contributed by atoms with Gasteiger partial charge in [0.15, 0.2) is 11.5 Å². The molecule has 2 aromatic rings. The van der Waals surface area contributed by atoms with Gasteiger partial charge in [-0.1, -0.05) is 17.7 Å². The van der Waals surface area contributed by atoms with Crippen molar-refractivity contribution in [3.63, 3.8) is 0 Å². The molecule has 1 N–H and O–H groups in total. The van der Waals surface area contributed by atoms with E-state index in [1.807, 2.05) is 19.1 Å². The van der Waals surface area contributed by atoms with E-state index < -0.39 is 0 Å². The van der Waals surface area contributed by atoms with E-state index >= 15 is 0 Å². The topological polar surface area (TPSA) is 43.0 Å². The van der Waals surface area contributed by atoms with Crippen molar-refractivity contribution in [1.29, 1.82) is 0 Å². The van der Waals surface area contributed by atoms with Crippen LogP contribution in [0, 0.1) is 5.82 Å². The molecule has 0 bridgehead atoms. The second-order valence-electron chi connectivity index (χ2n) is 6.99. The summed E-state index contributed by atoms with van der Waals surface area (Å²) in [6.45, 7) is 8.92. The monoisotopic (exact) mass is 500 g/mol. The van der Waals surface area contributed by atoms with E-state index in [1.165, 1.54) is 12.1 Å². The van der Waals surface area contributed by atoms with E-state index in [0.717, 1.165) is 56.0 Å². The van der Waals surface area contributed by atoms with E-state index in [4.69, 9.17) is 25.8 Å². The van der Waals surface area contributed by atoms with Gasteiger partial charge in [0.1, 0.15) is 12.4 Å². The van der Waals surface area contributed by atoms with Crippen LogP contribution in [0.3, 0.4) is 0 Å². The average Bonchev–Trinajstić information content (AvgIpc) is 2.73. The maximum absolute atomic E-state index is 13.3. The molecule has 0 amide bonds. The zero-order valence-corrected chi connectivity index (χ0v) is 19.4. The molecule has 0 unspecified atom stereocenters. The van der Waals surface area contributed by atoms with Crippen molar-refractivity contribution in [2.45, 2.75) is 20.1 Å². The number of hydrogen-bond donors (Lipinski definition) is 1. The Morgan fingerprint density at radius 3 is 2.73 bits per heavy atom. The van der Waals surface area contributed by atoms with Crippen LogP contribution < -0.4 is 14.8 Å². The summed E-state index contributed by atoms with van der Waals surface area (Å²) in [5, 5.41) is 3.82. The number of ether oxygens (including phenoxy) is 3. The number of morpholine rings is 1. The van der Waals surface area contributed by atoms with Crippen molar-refractivity contribution < 1.29 is 18.6 Å². The molecule has 1 aliphatic heterocycles. The molecule has 3 rings (SSSR count). The van der Waals surface area contributed by atoms with E-state index in [1.54, 1.807) is 6.07 Å². The molecule has 1 aliphatic rings. The summed E-state index contributed by atoms with van der Waals surface area (Å²) in [4.78, 5) is 2.40. The quantitative estimate of drug-likeness (QED) is 0.481. The molecular formula is C22H27BrClFN2O3. The molecule has 1 heterocycles. The van der Waals surface area contributed by atoms with Gasteiger partial charge in [0, 0.05) is 38.3 Å². The van der Waals surface area contributed by atoms with Crippen molar-refractivity contribution in [2.75, 3.05) is 46.0 Å². The standard InChI is InChI=1S/C22H27BrClFN2O3/c1-2-29-21-12-16(14-26-5-6-27-7-9-28-10-8-27)11-19(23)22(21)30-15-17-3-4-18(25)13-20(17)24/h3-4,11-13,26H,2,5-10,14-15H2,1H3.